The third-order valence-corrected chi connectivity index (χ3v) is 6.26. The Morgan fingerprint density at radius 3 is 2.00 bits per heavy atom. The first-order valence-electron chi connectivity index (χ1n) is 4.86. The van der Waals surface area contributed by atoms with Crippen molar-refractivity contribution < 1.29 is 8.85 Å². The third-order valence-electron chi connectivity index (χ3n) is 2.09. The molecule has 4 heteroatoms. The number of hydrogen-bond donors (Lipinski definition) is 0. The molecule has 0 spiro atoms. The summed E-state index contributed by atoms with van der Waals surface area (Å²) in [4.78, 5) is 0. The number of rotatable bonds is 8. The summed E-state index contributed by atoms with van der Waals surface area (Å²) in [6.45, 7) is 4.57. The Kier molecular flexibility index (Phi) is 9.40. The van der Waals surface area contributed by atoms with Crippen molar-refractivity contribution in [2.75, 3.05) is 31.5 Å². The van der Waals surface area contributed by atoms with Crippen LogP contribution in [0, 0.1) is 0 Å². The van der Waals surface area contributed by atoms with Gasteiger partial charge in [0.2, 0.25) is 0 Å². The first kappa shape index (κ1) is 13.5. The van der Waals surface area contributed by atoms with Gasteiger partial charge in [-0.25, -0.2) is 0 Å². The van der Waals surface area contributed by atoms with Gasteiger partial charge in [-0.3, -0.25) is 0 Å². The summed E-state index contributed by atoms with van der Waals surface area (Å²) < 4.78 is 10.5. The molecule has 0 atom stereocenters. The summed E-state index contributed by atoms with van der Waals surface area (Å²) in [7, 11) is 3.21. The Morgan fingerprint density at radius 2 is 1.62 bits per heavy atom. The second kappa shape index (κ2) is 9.06. The van der Waals surface area contributed by atoms with Gasteiger partial charge < -0.3 is 8.85 Å². The topological polar surface area (TPSA) is 18.5 Å². The molecule has 0 aromatic heterocycles. The van der Waals surface area contributed by atoms with Gasteiger partial charge in [0.25, 0.3) is 0 Å². The minimum atomic E-state index is -0.931. The number of hydrogen-bond acceptors (Lipinski definition) is 2. The Hall–Kier alpha value is 0.487. The molecule has 1 radical (unpaired) electrons. The van der Waals surface area contributed by atoms with Crippen molar-refractivity contribution >= 4 is 20.2 Å². The van der Waals surface area contributed by atoms with E-state index in [4.69, 9.17) is 8.85 Å². The summed E-state index contributed by atoms with van der Waals surface area (Å²) in [5, 5.41) is 0. The highest BCUT2D eigenvalue weighted by Crippen LogP contribution is 2.05. The maximum atomic E-state index is 5.23. The van der Waals surface area contributed by atoms with Crippen LogP contribution in [-0.2, 0) is 19.7 Å². The van der Waals surface area contributed by atoms with Gasteiger partial charge in [-0.15, -0.1) is 0 Å². The smallest absolute Gasteiger partial charge is 0.384 e. The zero-order valence-electron chi connectivity index (χ0n) is 9.26. The van der Waals surface area contributed by atoms with Crippen LogP contribution in [0.25, 0.3) is 0 Å². The van der Waals surface area contributed by atoms with Gasteiger partial charge in [0, 0.05) is 14.2 Å². The lowest BCUT2D eigenvalue weighted by Crippen LogP contribution is -2.21. The molecule has 0 aromatic carbocycles. The van der Waals surface area contributed by atoms with Gasteiger partial charge in [0.05, 0.1) is 0 Å². The molecule has 0 saturated carbocycles. The van der Waals surface area contributed by atoms with Crippen molar-refractivity contribution in [3.63, 3.8) is 0 Å². The fraction of sp³-hybridized carbons (Fsp3) is 1.00. The average molecular weight is 222 g/mol. The summed E-state index contributed by atoms with van der Waals surface area (Å²) >= 11 is 0. The van der Waals surface area contributed by atoms with Crippen LogP contribution >= 0.6 is 0 Å². The highest BCUT2D eigenvalue weighted by atomic mass is 32.2. The second-order valence-electron chi connectivity index (χ2n) is 2.78. The van der Waals surface area contributed by atoms with Crippen molar-refractivity contribution in [3.8, 4) is 0 Å². The van der Waals surface area contributed by atoms with Crippen molar-refractivity contribution in [1.82, 2.24) is 0 Å². The minimum absolute atomic E-state index is 0.646. The van der Waals surface area contributed by atoms with E-state index < -0.39 is 9.28 Å². The molecule has 0 aliphatic rings. The van der Waals surface area contributed by atoms with Crippen molar-refractivity contribution in [3.05, 3.63) is 0 Å². The Labute approximate surface area is 87.2 Å². The van der Waals surface area contributed by atoms with Gasteiger partial charge in [-0.05, 0) is 37.2 Å². The van der Waals surface area contributed by atoms with Crippen molar-refractivity contribution in [2.24, 2.45) is 0 Å². The van der Waals surface area contributed by atoms with Crippen LogP contribution in [0.2, 0.25) is 6.04 Å². The molecule has 0 aromatic rings. The van der Waals surface area contributed by atoms with E-state index in [0.717, 1.165) is 6.04 Å². The molecule has 0 unspecified atom stereocenters. The van der Waals surface area contributed by atoms with Crippen LogP contribution in [0.4, 0.5) is 0 Å². The molecule has 0 amide bonds. The molecule has 0 fully saturated rings. The monoisotopic (exact) mass is 222 g/mol. The normalized spacial score (nSPS) is 11.5. The van der Waals surface area contributed by atoms with Gasteiger partial charge >= 0.3 is 9.28 Å². The molecule has 0 N–H and O–H groups in total. The largest absolute Gasteiger partial charge is 0.397 e. The maximum absolute atomic E-state index is 5.23. The van der Waals surface area contributed by atoms with E-state index in [2.05, 4.69) is 13.8 Å². The van der Waals surface area contributed by atoms with Crippen LogP contribution in [-0.4, -0.2) is 40.8 Å². The molecular formula is C9H22O2SSi+. The quantitative estimate of drug-likeness (QED) is 0.461. The predicted molar refractivity (Wildman–Crippen MR) is 62.5 cm³/mol. The summed E-state index contributed by atoms with van der Waals surface area (Å²) in [5.41, 5.74) is 0. The van der Waals surface area contributed by atoms with E-state index in [1.165, 1.54) is 23.7 Å². The molecule has 0 saturated heterocycles. The second-order valence-corrected chi connectivity index (χ2v) is 7.63. The highest BCUT2D eigenvalue weighted by Gasteiger charge is 2.16. The lowest BCUT2D eigenvalue weighted by molar-refractivity contribution is 0.277. The zero-order chi connectivity index (χ0) is 10.1. The third kappa shape index (κ3) is 6.54. The van der Waals surface area contributed by atoms with Gasteiger partial charge in [0.15, 0.2) is 0 Å². The molecule has 0 heterocycles. The standard InChI is InChI=1S/C9H22O2SSi/c1-5-12(6-2)8-7-9-13(10-3)11-4/h5-9H2,1-4H3/q+1. The maximum Gasteiger partial charge on any atom is 0.384 e. The SMILES string of the molecule is CC[S+](CC)CCC[Si](OC)OC. The Balaban J connectivity index is 3.41. The first-order valence-corrected chi connectivity index (χ1v) is 8.11. The first-order chi connectivity index (χ1) is 6.28. The van der Waals surface area contributed by atoms with Crippen LogP contribution in [0.15, 0.2) is 0 Å². The fourth-order valence-electron chi connectivity index (χ4n) is 1.20. The molecular weight excluding hydrogens is 200 g/mol. The van der Waals surface area contributed by atoms with Crippen molar-refractivity contribution in [1.29, 1.82) is 0 Å². The van der Waals surface area contributed by atoms with Crippen LogP contribution < -0.4 is 0 Å². The minimum Gasteiger partial charge on any atom is -0.397 e. The van der Waals surface area contributed by atoms with E-state index in [-0.39, 0.29) is 0 Å². The van der Waals surface area contributed by atoms with E-state index in [1.807, 2.05) is 0 Å². The molecule has 13 heavy (non-hydrogen) atoms. The fourth-order valence-corrected chi connectivity index (χ4v) is 4.04. The summed E-state index contributed by atoms with van der Waals surface area (Å²) in [6.07, 6.45) is 1.26. The summed E-state index contributed by atoms with van der Waals surface area (Å²) in [5.74, 6) is 4.02. The van der Waals surface area contributed by atoms with Gasteiger partial charge in [0.1, 0.15) is 17.3 Å². The van der Waals surface area contributed by atoms with Gasteiger partial charge in [-0.1, -0.05) is 0 Å². The predicted octanol–water partition coefficient (Wildman–Crippen LogP) is 1.82. The Bertz CT molecular complexity index is 93.8. The molecule has 0 aliphatic carbocycles. The van der Waals surface area contributed by atoms with E-state index >= 15 is 0 Å². The van der Waals surface area contributed by atoms with E-state index in [9.17, 15) is 0 Å². The van der Waals surface area contributed by atoms with Crippen LogP contribution in [0.1, 0.15) is 20.3 Å². The van der Waals surface area contributed by atoms with E-state index in [0.29, 0.717) is 10.9 Å². The molecule has 0 bridgehead atoms. The average Bonchev–Trinajstić information content (AvgIpc) is 2.19. The molecule has 0 rings (SSSR count). The Morgan fingerprint density at radius 1 is 1.08 bits per heavy atom. The van der Waals surface area contributed by atoms with Gasteiger partial charge in [-0.2, -0.15) is 0 Å². The lowest BCUT2D eigenvalue weighted by atomic mass is 10.6. The summed E-state index contributed by atoms with van der Waals surface area (Å²) in [6, 6.07) is 1.13. The van der Waals surface area contributed by atoms with E-state index in [1.54, 1.807) is 14.2 Å². The molecule has 2 nitrogen and oxygen atoms in total. The zero-order valence-corrected chi connectivity index (χ0v) is 11.1. The molecule has 79 valence electrons. The van der Waals surface area contributed by atoms with Crippen molar-refractivity contribution in [2.45, 2.75) is 26.3 Å². The van der Waals surface area contributed by atoms with Crippen LogP contribution in [0.5, 0.6) is 0 Å². The lowest BCUT2D eigenvalue weighted by Gasteiger charge is -2.08. The van der Waals surface area contributed by atoms with Crippen LogP contribution in [0.3, 0.4) is 0 Å². The molecule has 0 aliphatic heterocycles. The highest BCUT2D eigenvalue weighted by molar-refractivity contribution is 7.96.